The first kappa shape index (κ1) is 31.3. The van der Waals surface area contributed by atoms with Crippen LogP contribution < -0.4 is 5.32 Å². The van der Waals surface area contributed by atoms with E-state index in [1.807, 2.05) is 0 Å². The highest BCUT2D eigenvalue weighted by atomic mass is 32.2. The summed E-state index contributed by atoms with van der Waals surface area (Å²) in [5.41, 5.74) is 0. The first-order chi connectivity index (χ1) is 15.2. The van der Waals surface area contributed by atoms with Crippen molar-refractivity contribution in [2.24, 2.45) is 0 Å². The molecule has 0 aliphatic carbocycles. The molecule has 0 aliphatic heterocycles. The lowest BCUT2D eigenvalue weighted by atomic mass is 10.0. The van der Waals surface area contributed by atoms with Crippen molar-refractivity contribution in [1.82, 2.24) is 5.32 Å². The van der Waals surface area contributed by atoms with Crippen LogP contribution in [0.1, 0.15) is 116 Å². The van der Waals surface area contributed by atoms with Crippen LogP contribution in [0.25, 0.3) is 0 Å². The molecule has 0 saturated heterocycles. The van der Waals surface area contributed by atoms with Gasteiger partial charge in [0.15, 0.2) is 0 Å². The highest BCUT2D eigenvalue weighted by molar-refractivity contribution is 7.85. The van der Waals surface area contributed by atoms with Gasteiger partial charge < -0.3 is 9.80 Å². The first-order valence-corrected chi connectivity index (χ1v) is 14.8. The second kappa shape index (κ2) is 19.8. The number of nitrogens with zero attached hydrogens (tertiary/aromatic N) is 1. The summed E-state index contributed by atoms with van der Waals surface area (Å²) >= 11 is 0. The molecule has 0 unspecified atom stereocenters. The maximum absolute atomic E-state index is 12.0. The van der Waals surface area contributed by atoms with Crippen LogP contribution >= 0.6 is 0 Å². The van der Waals surface area contributed by atoms with E-state index in [1.165, 1.54) is 70.6 Å². The van der Waals surface area contributed by atoms with Gasteiger partial charge in [0, 0.05) is 19.4 Å². The number of unbranched alkanes of at least 4 members (excludes halogenated alkanes) is 13. The number of carbonyl (C=O) groups excluding carboxylic acids is 1. The van der Waals surface area contributed by atoms with Crippen molar-refractivity contribution in [3.05, 3.63) is 0 Å². The summed E-state index contributed by atoms with van der Waals surface area (Å²) in [7, 11) is 0.379. The predicted octanol–water partition coefficient (Wildman–Crippen LogP) is 5.72. The van der Waals surface area contributed by atoms with E-state index in [0.29, 0.717) is 19.4 Å². The van der Waals surface area contributed by atoms with E-state index in [-0.39, 0.29) is 11.7 Å². The van der Waals surface area contributed by atoms with Crippen molar-refractivity contribution in [1.29, 1.82) is 0 Å². The van der Waals surface area contributed by atoms with Crippen molar-refractivity contribution in [3.63, 3.8) is 0 Å². The normalized spacial score (nSPS) is 12.2. The van der Waals surface area contributed by atoms with Gasteiger partial charge in [-0.05, 0) is 19.3 Å². The van der Waals surface area contributed by atoms with E-state index in [2.05, 4.69) is 26.3 Å². The molecule has 32 heavy (non-hydrogen) atoms. The second-order valence-electron chi connectivity index (χ2n) is 10.1. The number of amides is 1. The van der Waals surface area contributed by atoms with Gasteiger partial charge >= 0.3 is 0 Å². The largest absolute Gasteiger partial charge is 0.356 e. The number of rotatable bonds is 23. The molecule has 0 atom stereocenters. The Morgan fingerprint density at radius 2 is 1.19 bits per heavy atom. The summed E-state index contributed by atoms with van der Waals surface area (Å²) in [6, 6.07) is 0. The molecule has 0 heterocycles. The summed E-state index contributed by atoms with van der Waals surface area (Å²) < 4.78 is 31.1. The van der Waals surface area contributed by atoms with E-state index < -0.39 is 10.1 Å². The summed E-state index contributed by atoms with van der Waals surface area (Å²) in [5.74, 6) is -0.00561. The van der Waals surface area contributed by atoms with Crippen LogP contribution in [0.2, 0.25) is 0 Å². The van der Waals surface area contributed by atoms with Gasteiger partial charge in [-0.3, -0.25) is 9.35 Å². The molecule has 0 fully saturated rings. The quantitative estimate of drug-likeness (QED) is 0.112. The average Bonchev–Trinajstić information content (AvgIpc) is 2.71. The maximum atomic E-state index is 12.0. The Morgan fingerprint density at radius 1 is 0.719 bits per heavy atom. The highest BCUT2D eigenvalue weighted by Gasteiger charge is 2.15. The number of hydrogen-bond donors (Lipinski definition) is 2. The van der Waals surface area contributed by atoms with Gasteiger partial charge in [0.1, 0.15) is 0 Å². The van der Waals surface area contributed by atoms with Crippen molar-refractivity contribution in [2.75, 3.05) is 39.5 Å². The van der Waals surface area contributed by atoms with Crippen LogP contribution in [0.5, 0.6) is 0 Å². The minimum atomic E-state index is -3.85. The molecule has 192 valence electrons. The Balaban J connectivity index is 3.45. The van der Waals surface area contributed by atoms with Gasteiger partial charge in [-0.1, -0.05) is 84.0 Å². The third-order valence-electron chi connectivity index (χ3n) is 6.19. The third kappa shape index (κ3) is 24.0. The zero-order chi connectivity index (χ0) is 24.1. The molecule has 0 aromatic carbocycles. The van der Waals surface area contributed by atoms with Gasteiger partial charge in [0.25, 0.3) is 10.1 Å². The number of carbonyl (C=O) groups is 1. The second-order valence-corrected chi connectivity index (χ2v) is 11.6. The molecule has 0 radical (unpaired) electrons. The van der Waals surface area contributed by atoms with E-state index >= 15 is 0 Å². The zero-order valence-corrected chi connectivity index (χ0v) is 22.2. The molecule has 2 N–H and O–H groups in total. The summed E-state index contributed by atoms with van der Waals surface area (Å²) in [6.45, 7) is 4.76. The van der Waals surface area contributed by atoms with Crippen LogP contribution in [-0.4, -0.2) is 62.8 Å². The average molecular weight is 478 g/mol. The Morgan fingerprint density at radius 3 is 1.69 bits per heavy atom. The van der Waals surface area contributed by atoms with E-state index in [1.54, 1.807) is 0 Å². The Hall–Kier alpha value is -0.660. The van der Waals surface area contributed by atoms with E-state index in [0.717, 1.165) is 43.3 Å². The fourth-order valence-electron chi connectivity index (χ4n) is 4.06. The zero-order valence-electron chi connectivity index (χ0n) is 21.4. The van der Waals surface area contributed by atoms with Gasteiger partial charge in [0.2, 0.25) is 5.91 Å². The number of hydrogen-bond acceptors (Lipinski definition) is 3. The van der Waals surface area contributed by atoms with Crippen LogP contribution in [0, 0.1) is 0 Å². The fraction of sp³-hybridized carbons (Fsp3) is 0.960. The molecule has 0 saturated carbocycles. The van der Waals surface area contributed by atoms with Crippen LogP contribution in [0.15, 0.2) is 0 Å². The first-order valence-electron chi connectivity index (χ1n) is 13.2. The van der Waals surface area contributed by atoms with Crippen LogP contribution in [0.3, 0.4) is 0 Å². The summed E-state index contributed by atoms with van der Waals surface area (Å²) in [4.78, 5) is 12.0. The van der Waals surface area contributed by atoms with Gasteiger partial charge in [-0.2, -0.15) is 8.42 Å². The van der Waals surface area contributed by atoms with Gasteiger partial charge in [-0.25, -0.2) is 0 Å². The molecule has 0 bridgehead atoms. The minimum absolute atomic E-state index is 0.159. The highest BCUT2D eigenvalue weighted by Crippen LogP contribution is 2.13. The lowest BCUT2D eigenvalue weighted by Gasteiger charge is -2.29. The molecule has 1 amide bonds. The fourth-order valence-corrected chi connectivity index (χ4v) is 4.63. The Labute approximate surface area is 199 Å². The maximum Gasteiger partial charge on any atom is 0.264 e. The van der Waals surface area contributed by atoms with Gasteiger partial charge in [-0.15, -0.1) is 0 Å². The molecule has 0 spiro atoms. The molecule has 0 rings (SSSR count). The van der Waals surface area contributed by atoms with E-state index in [9.17, 15) is 13.2 Å². The Kier molecular flexibility index (Phi) is 19.4. The van der Waals surface area contributed by atoms with Gasteiger partial charge in [0.05, 0.1) is 32.9 Å². The standard InChI is InChI=1S/C25H52N2O4S/c1-4-5-6-7-8-9-10-11-12-13-14-15-16-20-25(28)26-21-19-23-27(2,3)22-17-18-24-32(29,30)31/h4-24H2,1-3H3,(H-,26,28,29,30,31)/p+1. The summed E-state index contributed by atoms with van der Waals surface area (Å²) in [6.07, 6.45) is 19.9. The molecule has 0 aromatic heterocycles. The number of nitrogens with one attached hydrogen (secondary N) is 1. The summed E-state index contributed by atoms with van der Waals surface area (Å²) in [5, 5.41) is 3.02. The van der Waals surface area contributed by atoms with Crippen LogP contribution in [-0.2, 0) is 14.9 Å². The molecule has 7 heteroatoms. The third-order valence-corrected chi connectivity index (χ3v) is 6.99. The molecule has 6 nitrogen and oxygen atoms in total. The lowest BCUT2D eigenvalue weighted by molar-refractivity contribution is -0.890. The predicted molar refractivity (Wildman–Crippen MR) is 135 cm³/mol. The number of quaternary nitrogens is 1. The SMILES string of the molecule is CCCCCCCCCCCCCCCC(=O)NCCC[N+](C)(C)CCCCS(=O)(=O)O. The Bertz CT molecular complexity index is 550. The lowest BCUT2D eigenvalue weighted by Crippen LogP contribution is -2.42. The molecule has 0 aliphatic rings. The van der Waals surface area contributed by atoms with Crippen molar-refractivity contribution in [3.8, 4) is 0 Å². The van der Waals surface area contributed by atoms with Crippen LogP contribution in [0.4, 0.5) is 0 Å². The van der Waals surface area contributed by atoms with E-state index in [4.69, 9.17) is 4.55 Å². The van der Waals surface area contributed by atoms with Crippen molar-refractivity contribution >= 4 is 16.0 Å². The molecular formula is C25H53N2O4S+. The minimum Gasteiger partial charge on any atom is -0.356 e. The topological polar surface area (TPSA) is 83.5 Å². The van der Waals surface area contributed by atoms with Crippen molar-refractivity contribution in [2.45, 2.75) is 116 Å². The smallest absolute Gasteiger partial charge is 0.264 e. The molecular weight excluding hydrogens is 424 g/mol. The molecule has 0 aromatic rings. The van der Waals surface area contributed by atoms with Crippen molar-refractivity contribution < 1.29 is 22.2 Å². The monoisotopic (exact) mass is 477 g/mol.